The molecule has 1 fully saturated rings. The Morgan fingerprint density at radius 1 is 0.974 bits per heavy atom. The summed E-state index contributed by atoms with van der Waals surface area (Å²) in [4.78, 5) is 40.5. The lowest BCUT2D eigenvalue weighted by molar-refractivity contribution is -0.126. The van der Waals surface area contributed by atoms with Crippen LogP contribution in [-0.2, 0) is 25.2 Å². The Morgan fingerprint density at radius 3 is 2.37 bits per heavy atom. The van der Waals surface area contributed by atoms with Gasteiger partial charge in [-0.25, -0.2) is 0 Å². The average molecular weight is 542 g/mol. The highest BCUT2D eigenvalue weighted by molar-refractivity contribution is 7.86. The van der Waals surface area contributed by atoms with Gasteiger partial charge in [0.15, 0.2) is 11.5 Å². The fourth-order valence-electron chi connectivity index (χ4n) is 4.69. The number of amides is 3. The molecule has 0 bridgehead atoms. The number of aryl methyl sites for hydroxylation is 1. The predicted octanol–water partition coefficient (Wildman–Crippen LogP) is 3.32. The van der Waals surface area contributed by atoms with Crippen molar-refractivity contribution in [2.75, 3.05) is 34.9 Å². The number of fused-ring (bicyclic) bond motifs is 1. The number of carbonyl (C=O) groups is 3. The van der Waals surface area contributed by atoms with Gasteiger partial charge < -0.3 is 20.1 Å². The minimum atomic E-state index is -1.78. The molecule has 3 amide bonds. The molecule has 2 unspecified atom stereocenters. The quantitative estimate of drug-likeness (QED) is 0.504. The molecule has 9 nitrogen and oxygen atoms in total. The number of ether oxygens (including phenoxy) is 2. The van der Waals surface area contributed by atoms with Gasteiger partial charge in [-0.05, 0) is 51.0 Å². The minimum absolute atomic E-state index is 0.0792. The molecule has 204 valence electrons. The summed E-state index contributed by atoms with van der Waals surface area (Å²) in [6.07, 6.45) is 5.11. The molecule has 0 spiro atoms. The number of anilines is 2. The molecule has 1 saturated carbocycles. The number of nitrogens with zero attached hydrogens (tertiary/aromatic N) is 1. The zero-order chi connectivity index (χ0) is 27.1. The lowest BCUT2D eigenvalue weighted by Crippen LogP contribution is -2.52. The zero-order valence-electron chi connectivity index (χ0n) is 21.9. The highest BCUT2D eigenvalue weighted by Gasteiger charge is 2.31. The second-order valence-electron chi connectivity index (χ2n) is 9.75. The van der Waals surface area contributed by atoms with Crippen LogP contribution in [0.15, 0.2) is 42.5 Å². The Balaban J connectivity index is 1.46. The largest absolute Gasteiger partial charge is 0.486 e. The fourth-order valence-corrected chi connectivity index (χ4v) is 5.57. The van der Waals surface area contributed by atoms with Gasteiger partial charge in [0.2, 0.25) is 17.7 Å². The first-order valence-corrected chi connectivity index (χ1v) is 14.5. The first-order valence-electron chi connectivity index (χ1n) is 13.0. The van der Waals surface area contributed by atoms with Crippen LogP contribution in [0.5, 0.6) is 11.5 Å². The van der Waals surface area contributed by atoms with Gasteiger partial charge >= 0.3 is 0 Å². The summed E-state index contributed by atoms with van der Waals surface area (Å²) in [6.45, 7) is 4.40. The molecular formula is C28H35N3O6S. The van der Waals surface area contributed by atoms with E-state index in [1.165, 1.54) is 4.90 Å². The van der Waals surface area contributed by atoms with Gasteiger partial charge in [0.05, 0.1) is 0 Å². The molecule has 2 atom stereocenters. The number of hydrogen-bond donors (Lipinski definition) is 2. The van der Waals surface area contributed by atoms with Gasteiger partial charge in [-0.15, -0.1) is 0 Å². The van der Waals surface area contributed by atoms with Gasteiger partial charge in [0.1, 0.15) is 30.8 Å². The third-order valence-corrected chi connectivity index (χ3v) is 7.86. The molecule has 2 aliphatic rings. The Morgan fingerprint density at radius 2 is 1.66 bits per heavy atom. The van der Waals surface area contributed by atoms with Crippen molar-refractivity contribution in [1.82, 2.24) is 5.32 Å². The number of carbonyl (C=O) groups excluding carboxylic acids is 3. The van der Waals surface area contributed by atoms with E-state index in [4.69, 9.17) is 9.47 Å². The molecule has 2 N–H and O–H groups in total. The number of rotatable bonds is 9. The molecule has 2 aromatic rings. The van der Waals surface area contributed by atoms with Crippen molar-refractivity contribution in [2.24, 2.45) is 0 Å². The summed E-state index contributed by atoms with van der Waals surface area (Å²) in [5.74, 6) is -0.951. The average Bonchev–Trinajstić information content (AvgIpc) is 2.90. The first kappa shape index (κ1) is 27.6. The molecule has 0 radical (unpaired) electrons. The third kappa shape index (κ3) is 7.34. The van der Waals surface area contributed by atoms with Gasteiger partial charge in [0, 0.05) is 34.3 Å². The highest BCUT2D eigenvalue weighted by atomic mass is 32.2. The van der Waals surface area contributed by atoms with Crippen molar-refractivity contribution in [2.45, 2.75) is 58.0 Å². The van der Waals surface area contributed by atoms with E-state index in [-0.39, 0.29) is 17.7 Å². The van der Waals surface area contributed by atoms with E-state index in [9.17, 15) is 18.6 Å². The number of benzene rings is 2. The maximum absolute atomic E-state index is 13.5. The monoisotopic (exact) mass is 541 g/mol. The minimum Gasteiger partial charge on any atom is -0.486 e. The molecule has 2 aromatic carbocycles. The van der Waals surface area contributed by atoms with E-state index in [0.29, 0.717) is 36.1 Å². The van der Waals surface area contributed by atoms with Gasteiger partial charge in [-0.2, -0.15) is 0 Å². The van der Waals surface area contributed by atoms with Crippen molar-refractivity contribution in [3.05, 3.63) is 48.0 Å². The van der Waals surface area contributed by atoms with Crippen LogP contribution in [0.3, 0.4) is 0 Å². The van der Waals surface area contributed by atoms with Crippen LogP contribution < -0.4 is 25.0 Å². The first-order chi connectivity index (χ1) is 18.3. The Hall–Kier alpha value is -3.40. The van der Waals surface area contributed by atoms with Crippen molar-refractivity contribution >= 4 is 39.9 Å². The van der Waals surface area contributed by atoms with Crippen LogP contribution in [0, 0.1) is 6.92 Å². The van der Waals surface area contributed by atoms with Crippen molar-refractivity contribution in [3.63, 3.8) is 0 Å². The van der Waals surface area contributed by atoms with Crippen LogP contribution in [0.1, 0.15) is 44.6 Å². The fraction of sp³-hybridized carbons (Fsp3) is 0.464. The molecular weight excluding hydrogens is 506 g/mol. The normalized spacial score (nSPS) is 16.7. The molecule has 38 heavy (non-hydrogen) atoms. The van der Waals surface area contributed by atoms with Crippen molar-refractivity contribution in [3.8, 4) is 11.5 Å². The third-order valence-electron chi connectivity index (χ3n) is 6.70. The number of hydrogen-bond acceptors (Lipinski definition) is 6. The molecule has 4 rings (SSSR count). The van der Waals surface area contributed by atoms with E-state index in [1.807, 2.05) is 19.1 Å². The van der Waals surface area contributed by atoms with Crippen LogP contribution in [0.4, 0.5) is 11.4 Å². The summed E-state index contributed by atoms with van der Waals surface area (Å²) >= 11 is 0. The van der Waals surface area contributed by atoms with E-state index < -0.39 is 34.4 Å². The smallest absolute Gasteiger partial charge is 0.243 e. The van der Waals surface area contributed by atoms with Crippen LogP contribution in [-0.4, -0.2) is 58.7 Å². The lowest BCUT2D eigenvalue weighted by atomic mass is 9.95. The molecule has 1 aliphatic carbocycles. The Kier molecular flexibility index (Phi) is 9.38. The Labute approximate surface area is 225 Å². The molecule has 0 saturated heterocycles. The second-order valence-corrected chi connectivity index (χ2v) is 11.2. The lowest BCUT2D eigenvalue weighted by Gasteiger charge is -2.31. The van der Waals surface area contributed by atoms with Gasteiger partial charge in [0.25, 0.3) is 0 Å². The molecule has 10 heteroatoms. The second kappa shape index (κ2) is 12.9. The van der Waals surface area contributed by atoms with Crippen LogP contribution in [0.2, 0.25) is 0 Å². The maximum atomic E-state index is 13.5. The van der Waals surface area contributed by atoms with Crippen molar-refractivity contribution < 1.29 is 28.1 Å². The van der Waals surface area contributed by atoms with Gasteiger partial charge in [-0.1, -0.05) is 37.0 Å². The molecule has 0 aromatic heterocycles. The molecule has 1 aliphatic heterocycles. The summed E-state index contributed by atoms with van der Waals surface area (Å²) in [5, 5.41) is 5.78. The van der Waals surface area contributed by atoms with E-state index in [1.54, 1.807) is 37.3 Å². The summed E-state index contributed by atoms with van der Waals surface area (Å²) in [6, 6.07) is 11.5. The van der Waals surface area contributed by atoms with E-state index in [0.717, 1.165) is 37.7 Å². The Bertz CT molecular complexity index is 1180. The summed E-state index contributed by atoms with van der Waals surface area (Å²) in [7, 11) is -1.78. The van der Waals surface area contributed by atoms with Crippen LogP contribution in [0.25, 0.3) is 0 Å². The zero-order valence-corrected chi connectivity index (χ0v) is 22.7. The summed E-state index contributed by atoms with van der Waals surface area (Å²) in [5.41, 5.74) is 2.08. The predicted molar refractivity (Wildman–Crippen MR) is 147 cm³/mol. The van der Waals surface area contributed by atoms with Crippen LogP contribution >= 0.6 is 0 Å². The maximum Gasteiger partial charge on any atom is 0.243 e. The van der Waals surface area contributed by atoms with E-state index >= 15 is 0 Å². The molecule has 1 heterocycles. The SMILES string of the molecule is Cc1ccc(NC(=O)CS(=O)CC(=O)N(c2ccc3c(c2)OCCO3)C(C)C(=O)NC2CCCCC2)cc1. The summed E-state index contributed by atoms with van der Waals surface area (Å²) < 4.78 is 24.1. The van der Waals surface area contributed by atoms with E-state index in [2.05, 4.69) is 10.6 Å². The highest BCUT2D eigenvalue weighted by Crippen LogP contribution is 2.35. The topological polar surface area (TPSA) is 114 Å². The van der Waals surface area contributed by atoms with Gasteiger partial charge in [-0.3, -0.25) is 23.5 Å². The van der Waals surface area contributed by atoms with Crippen molar-refractivity contribution in [1.29, 1.82) is 0 Å². The standard InChI is InChI=1S/C28H35N3O6S/c1-19-8-10-22(11-9-19)29-26(32)17-38(35)18-27(33)31(20(2)28(34)30-21-6-4-3-5-7-21)23-12-13-24-25(16-23)37-15-14-36-24/h8-13,16,20-21H,3-7,14-15,17-18H2,1-2H3,(H,29,32)(H,30,34). The number of nitrogens with one attached hydrogen (secondary N) is 2.